The fraction of sp³-hybridized carbons (Fsp3) is 0.364. The first-order chi connectivity index (χ1) is 14.9. The second-order valence-electron chi connectivity index (χ2n) is 7.20. The van der Waals surface area contributed by atoms with Gasteiger partial charge in [0.25, 0.3) is 6.10 Å². The molecule has 9 heteroatoms. The molecule has 1 N–H and O–H groups in total. The van der Waals surface area contributed by atoms with E-state index in [-0.39, 0.29) is 29.4 Å². The summed E-state index contributed by atoms with van der Waals surface area (Å²) in [6.07, 6.45) is 2.07. The number of Topliss-reactive ketones (excluding diaryl/α,β-unsaturated/α-hetero) is 2. The summed E-state index contributed by atoms with van der Waals surface area (Å²) in [4.78, 5) is 44.5. The van der Waals surface area contributed by atoms with Crippen molar-refractivity contribution in [1.29, 1.82) is 0 Å². The molecular formula is C22H25N3O6. The van der Waals surface area contributed by atoms with Gasteiger partial charge in [0.2, 0.25) is 0 Å². The summed E-state index contributed by atoms with van der Waals surface area (Å²) in [6.45, 7) is 4.27. The molecule has 2 heterocycles. The molecule has 1 aliphatic heterocycles. The van der Waals surface area contributed by atoms with Crippen LogP contribution in [0.5, 0.6) is 11.5 Å². The van der Waals surface area contributed by atoms with Crippen LogP contribution in [0.1, 0.15) is 17.3 Å². The van der Waals surface area contributed by atoms with Gasteiger partial charge in [-0.05, 0) is 37.3 Å². The highest BCUT2D eigenvalue weighted by Gasteiger charge is 2.27. The van der Waals surface area contributed by atoms with Gasteiger partial charge >= 0.3 is 5.97 Å². The van der Waals surface area contributed by atoms with Crippen molar-refractivity contribution >= 4 is 23.2 Å². The number of rotatable bonds is 8. The van der Waals surface area contributed by atoms with Crippen molar-refractivity contribution in [3.05, 3.63) is 48.3 Å². The first-order valence-electron chi connectivity index (χ1n) is 9.87. The van der Waals surface area contributed by atoms with Crippen LogP contribution in [-0.4, -0.2) is 78.5 Å². The Balaban J connectivity index is 1.63. The molecule has 0 radical (unpaired) electrons. The molecule has 1 aliphatic rings. The first-order valence-corrected chi connectivity index (χ1v) is 9.87. The number of aromatic nitrogens is 1. The lowest BCUT2D eigenvalue weighted by atomic mass is 10.1. The molecule has 9 nitrogen and oxygen atoms in total. The molecule has 1 unspecified atom stereocenters. The van der Waals surface area contributed by atoms with Crippen LogP contribution in [0.2, 0.25) is 0 Å². The number of carbonyl (C=O) groups excluding carboxylic acids is 3. The molecule has 164 valence electrons. The van der Waals surface area contributed by atoms with Crippen molar-refractivity contribution in [2.75, 3.05) is 44.7 Å². The van der Waals surface area contributed by atoms with Gasteiger partial charge < -0.3 is 19.5 Å². The quantitative estimate of drug-likeness (QED) is 0.379. The molecular weight excluding hydrogens is 402 g/mol. The van der Waals surface area contributed by atoms with Crippen LogP contribution >= 0.6 is 0 Å². The fourth-order valence-electron chi connectivity index (χ4n) is 3.36. The average molecular weight is 427 g/mol. The average Bonchev–Trinajstić information content (AvgIpc) is 2.78. The highest BCUT2D eigenvalue weighted by Crippen LogP contribution is 2.25. The first kappa shape index (κ1) is 22.2. The van der Waals surface area contributed by atoms with Gasteiger partial charge in [0, 0.05) is 44.3 Å². The largest absolute Gasteiger partial charge is 0.507 e. The van der Waals surface area contributed by atoms with Gasteiger partial charge in [-0.2, -0.15) is 0 Å². The maximum atomic E-state index is 12.8. The number of hydrogen-bond donors (Lipinski definition) is 1. The van der Waals surface area contributed by atoms with Gasteiger partial charge in [-0.25, -0.2) is 4.79 Å². The Kier molecular flexibility index (Phi) is 7.19. The van der Waals surface area contributed by atoms with E-state index in [0.717, 1.165) is 25.9 Å². The van der Waals surface area contributed by atoms with E-state index in [1.165, 1.54) is 25.1 Å². The number of piperazine rings is 1. The second kappa shape index (κ2) is 10.0. The van der Waals surface area contributed by atoms with Gasteiger partial charge in [-0.3, -0.25) is 19.5 Å². The number of ether oxygens (including phenoxy) is 2. The Morgan fingerprint density at radius 2 is 1.77 bits per heavy atom. The number of phenols is 1. The number of aromatic hydroxyl groups is 1. The zero-order valence-electron chi connectivity index (χ0n) is 17.5. The van der Waals surface area contributed by atoms with Crippen molar-refractivity contribution in [2.24, 2.45) is 0 Å². The predicted octanol–water partition coefficient (Wildman–Crippen LogP) is 1.30. The van der Waals surface area contributed by atoms with Crippen LogP contribution in [0.3, 0.4) is 0 Å². The lowest BCUT2D eigenvalue weighted by Crippen LogP contribution is -2.48. The summed E-state index contributed by atoms with van der Waals surface area (Å²) in [5, 5.41) is 10.2. The van der Waals surface area contributed by atoms with Crippen LogP contribution < -0.4 is 9.64 Å². The lowest BCUT2D eigenvalue weighted by Gasteiger charge is -2.35. The molecule has 1 aromatic heterocycles. The standard InChI is InChI=1S/C22H25N3O6/c1-15(26)21(22(29)30-2)31-17-3-4-19(27)18(13-17)20(28)14-24-9-11-25(12-10-24)16-5-7-23-8-6-16/h3-8,13,21,27H,9-12,14H2,1-2H3. The van der Waals surface area contributed by atoms with Gasteiger partial charge in [-0.15, -0.1) is 0 Å². The molecule has 0 saturated carbocycles. The van der Waals surface area contributed by atoms with Crippen LogP contribution in [0.25, 0.3) is 0 Å². The number of phenolic OH excluding ortho intramolecular Hbond substituents is 1. The van der Waals surface area contributed by atoms with Crippen LogP contribution in [0, 0.1) is 0 Å². The molecule has 0 bridgehead atoms. The number of pyridine rings is 1. The molecule has 31 heavy (non-hydrogen) atoms. The Morgan fingerprint density at radius 1 is 1.10 bits per heavy atom. The molecule has 0 amide bonds. The second-order valence-corrected chi connectivity index (χ2v) is 7.20. The van der Waals surface area contributed by atoms with Crippen LogP contribution in [-0.2, 0) is 14.3 Å². The maximum Gasteiger partial charge on any atom is 0.354 e. The Morgan fingerprint density at radius 3 is 2.39 bits per heavy atom. The van der Waals surface area contributed by atoms with Crippen molar-refractivity contribution in [3.8, 4) is 11.5 Å². The highest BCUT2D eigenvalue weighted by molar-refractivity contribution is 6.02. The number of benzene rings is 1. The molecule has 0 spiro atoms. The number of methoxy groups -OCH3 is 1. The van der Waals surface area contributed by atoms with Gasteiger partial charge in [0.15, 0.2) is 11.6 Å². The van der Waals surface area contributed by atoms with E-state index < -0.39 is 17.9 Å². The third kappa shape index (κ3) is 5.58. The number of ketones is 2. The number of nitrogens with zero attached hydrogens (tertiary/aromatic N) is 3. The third-order valence-electron chi connectivity index (χ3n) is 5.07. The van der Waals surface area contributed by atoms with Gasteiger partial charge in [0.1, 0.15) is 11.5 Å². The van der Waals surface area contributed by atoms with Crippen molar-refractivity contribution < 1.29 is 29.0 Å². The van der Waals surface area contributed by atoms with E-state index in [1.54, 1.807) is 12.4 Å². The fourth-order valence-corrected chi connectivity index (χ4v) is 3.36. The zero-order chi connectivity index (χ0) is 22.4. The molecule has 1 aromatic carbocycles. The number of hydrogen-bond acceptors (Lipinski definition) is 9. The number of carbonyl (C=O) groups is 3. The topological polar surface area (TPSA) is 109 Å². The summed E-state index contributed by atoms with van der Waals surface area (Å²) < 4.78 is 9.99. The summed E-state index contributed by atoms with van der Waals surface area (Å²) in [5.41, 5.74) is 1.16. The van der Waals surface area contributed by atoms with Crippen LogP contribution in [0.4, 0.5) is 5.69 Å². The van der Waals surface area contributed by atoms with Gasteiger partial charge in [0.05, 0.1) is 19.2 Å². The summed E-state index contributed by atoms with van der Waals surface area (Å²) in [7, 11) is 1.15. The zero-order valence-corrected chi connectivity index (χ0v) is 17.5. The SMILES string of the molecule is COC(=O)C(Oc1ccc(O)c(C(=O)CN2CCN(c3ccncc3)CC2)c1)C(C)=O. The van der Waals surface area contributed by atoms with Crippen molar-refractivity contribution in [2.45, 2.75) is 13.0 Å². The van der Waals surface area contributed by atoms with E-state index >= 15 is 0 Å². The highest BCUT2D eigenvalue weighted by atomic mass is 16.6. The molecule has 2 aromatic rings. The van der Waals surface area contributed by atoms with Crippen LogP contribution in [0.15, 0.2) is 42.7 Å². The molecule has 1 atom stereocenters. The number of esters is 1. The number of anilines is 1. The smallest absolute Gasteiger partial charge is 0.354 e. The van der Waals surface area contributed by atoms with E-state index in [0.29, 0.717) is 13.1 Å². The predicted molar refractivity (Wildman–Crippen MR) is 112 cm³/mol. The van der Waals surface area contributed by atoms with Gasteiger partial charge in [-0.1, -0.05) is 0 Å². The van der Waals surface area contributed by atoms with E-state index in [2.05, 4.69) is 14.6 Å². The Hall–Kier alpha value is -3.46. The van der Waals surface area contributed by atoms with Crippen molar-refractivity contribution in [3.63, 3.8) is 0 Å². The monoisotopic (exact) mass is 427 g/mol. The molecule has 1 saturated heterocycles. The third-order valence-corrected chi connectivity index (χ3v) is 5.07. The minimum absolute atomic E-state index is 0.0706. The molecule has 3 rings (SSSR count). The minimum atomic E-state index is -1.43. The summed E-state index contributed by atoms with van der Waals surface area (Å²) in [6, 6.07) is 7.93. The van der Waals surface area contributed by atoms with E-state index in [9.17, 15) is 19.5 Å². The lowest BCUT2D eigenvalue weighted by molar-refractivity contribution is -0.152. The maximum absolute atomic E-state index is 12.8. The summed E-state index contributed by atoms with van der Waals surface area (Å²) >= 11 is 0. The Bertz CT molecular complexity index is 942. The Labute approximate surface area is 180 Å². The minimum Gasteiger partial charge on any atom is -0.507 e. The van der Waals surface area contributed by atoms with Crippen molar-refractivity contribution in [1.82, 2.24) is 9.88 Å². The van der Waals surface area contributed by atoms with E-state index in [1.807, 2.05) is 17.0 Å². The summed E-state index contributed by atoms with van der Waals surface area (Å²) in [5.74, 6) is -1.71. The molecule has 1 fully saturated rings. The van der Waals surface area contributed by atoms with E-state index in [4.69, 9.17) is 4.74 Å². The normalized spacial score (nSPS) is 15.2. The molecule has 0 aliphatic carbocycles.